The van der Waals surface area contributed by atoms with E-state index in [2.05, 4.69) is 174 Å². The summed E-state index contributed by atoms with van der Waals surface area (Å²) in [5.41, 5.74) is 11.4. The zero-order valence-corrected chi connectivity index (χ0v) is 37.3. The van der Waals surface area contributed by atoms with Gasteiger partial charge in [0, 0.05) is 64.4 Å². The molecule has 3 aromatic heterocycles. The van der Waals surface area contributed by atoms with Gasteiger partial charge in [-0.2, -0.15) is 0 Å². The van der Waals surface area contributed by atoms with Crippen molar-refractivity contribution in [2.75, 3.05) is 0 Å². The highest BCUT2D eigenvalue weighted by molar-refractivity contribution is 7.26. The molecule has 320 valence electrons. The number of para-hydroxylation sites is 1. The Hall–Kier alpha value is -8.85. The molecule has 1 aliphatic heterocycles. The fourth-order valence-electron chi connectivity index (χ4n) is 9.49. The number of nitrogens with zero attached hydrogens (tertiary/aromatic N) is 6. The predicted octanol–water partition coefficient (Wildman–Crippen LogP) is 14.5. The van der Waals surface area contributed by atoms with Gasteiger partial charge in [-0.25, -0.2) is 24.9 Å². The monoisotopic (exact) mass is 889 g/mol. The lowest BCUT2D eigenvalue weighted by molar-refractivity contribution is 0.674. The number of hydrogen-bond acceptors (Lipinski definition) is 7. The van der Waals surface area contributed by atoms with Crippen molar-refractivity contribution in [3.05, 3.63) is 241 Å². The minimum absolute atomic E-state index is 0.277. The normalized spacial score (nSPS) is 13.7. The lowest BCUT2D eigenvalue weighted by Gasteiger charge is -2.23. The van der Waals surface area contributed by atoms with Crippen LogP contribution in [0, 0.1) is 0 Å². The molecule has 0 spiro atoms. The summed E-state index contributed by atoms with van der Waals surface area (Å²) < 4.78 is 4.72. The number of amidine groups is 2. The summed E-state index contributed by atoms with van der Waals surface area (Å²) in [6.45, 7) is 0. The molecule has 1 aliphatic rings. The quantitative estimate of drug-likeness (QED) is 0.165. The van der Waals surface area contributed by atoms with E-state index in [4.69, 9.17) is 24.9 Å². The number of aromatic nitrogens is 4. The van der Waals surface area contributed by atoms with Gasteiger partial charge >= 0.3 is 0 Å². The molecule has 4 heterocycles. The molecule has 0 saturated carbocycles. The summed E-state index contributed by atoms with van der Waals surface area (Å²) in [6.07, 6.45) is -0.277. The van der Waals surface area contributed by atoms with Gasteiger partial charge in [-0.05, 0) is 65.2 Å². The lowest BCUT2D eigenvalue weighted by atomic mass is 9.99. The summed E-state index contributed by atoms with van der Waals surface area (Å²) in [7, 11) is 0. The van der Waals surface area contributed by atoms with Crippen LogP contribution in [0.5, 0.6) is 0 Å². The van der Waals surface area contributed by atoms with E-state index in [-0.39, 0.29) is 6.17 Å². The Morgan fingerprint density at radius 2 is 1.00 bits per heavy atom. The van der Waals surface area contributed by atoms with Crippen molar-refractivity contribution in [2.45, 2.75) is 6.17 Å². The number of hydrogen-bond donors (Lipinski definition) is 1. The number of nitrogens with one attached hydrogen (secondary N) is 1. The Labute approximate surface area is 396 Å². The van der Waals surface area contributed by atoms with Gasteiger partial charge < -0.3 is 9.88 Å². The number of fused-ring (bicyclic) bond motifs is 6. The maximum absolute atomic E-state index is 5.24. The summed E-state index contributed by atoms with van der Waals surface area (Å²) in [6, 6.07) is 78.2. The third kappa shape index (κ3) is 6.94. The smallest absolute Gasteiger partial charge is 0.164 e. The second kappa shape index (κ2) is 16.5. The molecule has 7 nitrogen and oxygen atoms in total. The van der Waals surface area contributed by atoms with Gasteiger partial charge in [0.1, 0.15) is 12.0 Å². The van der Waals surface area contributed by atoms with Crippen LogP contribution in [-0.4, -0.2) is 31.2 Å². The van der Waals surface area contributed by atoms with E-state index in [1.54, 1.807) is 11.3 Å². The van der Waals surface area contributed by atoms with Crippen molar-refractivity contribution >= 4 is 65.0 Å². The molecule has 1 atom stereocenters. The molecule has 1 N–H and O–H groups in total. The molecule has 0 bridgehead atoms. The van der Waals surface area contributed by atoms with E-state index < -0.39 is 0 Å². The molecule has 0 saturated heterocycles. The Morgan fingerprint density at radius 1 is 0.426 bits per heavy atom. The fourth-order valence-corrected chi connectivity index (χ4v) is 10.7. The largest absolute Gasteiger partial charge is 0.344 e. The van der Waals surface area contributed by atoms with Gasteiger partial charge in [-0.15, -0.1) is 11.3 Å². The van der Waals surface area contributed by atoms with Gasteiger partial charge in [0.15, 0.2) is 23.3 Å². The molecule has 0 amide bonds. The maximum Gasteiger partial charge on any atom is 0.164 e. The minimum atomic E-state index is -0.277. The first-order valence-corrected chi connectivity index (χ1v) is 23.5. The van der Waals surface area contributed by atoms with Crippen molar-refractivity contribution in [3.63, 3.8) is 0 Å². The highest BCUT2D eigenvalue weighted by Crippen LogP contribution is 2.43. The van der Waals surface area contributed by atoms with Crippen LogP contribution in [0.15, 0.2) is 234 Å². The van der Waals surface area contributed by atoms with Crippen molar-refractivity contribution in [1.29, 1.82) is 0 Å². The van der Waals surface area contributed by atoms with E-state index >= 15 is 0 Å². The molecule has 12 aromatic rings. The summed E-state index contributed by atoms with van der Waals surface area (Å²) in [5, 5.41) is 8.18. The Morgan fingerprint density at radius 3 is 1.69 bits per heavy atom. The molecule has 0 aliphatic carbocycles. The summed E-state index contributed by atoms with van der Waals surface area (Å²) in [4.78, 5) is 25.8. The second-order valence-electron chi connectivity index (χ2n) is 16.9. The van der Waals surface area contributed by atoms with Gasteiger partial charge in [-0.3, -0.25) is 0 Å². The zero-order valence-electron chi connectivity index (χ0n) is 36.5. The van der Waals surface area contributed by atoms with Crippen molar-refractivity contribution in [1.82, 2.24) is 24.8 Å². The first-order valence-electron chi connectivity index (χ1n) is 22.7. The molecule has 0 fully saturated rings. The summed E-state index contributed by atoms with van der Waals surface area (Å²) >= 11 is 1.79. The number of rotatable bonds is 8. The number of aliphatic imine (C=N–C) groups is 2. The molecular formula is C60H39N7S. The first kappa shape index (κ1) is 39.5. The second-order valence-corrected chi connectivity index (χ2v) is 17.9. The van der Waals surface area contributed by atoms with E-state index in [1.807, 2.05) is 60.7 Å². The fraction of sp³-hybridized carbons (Fsp3) is 0.0167. The van der Waals surface area contributed by atoms with Gasteiger partial charge in [0.25, 0.3) is 0 Å². The predicted molar refractivity (Wildman–Crippen MR) is 281 cm³/mol. The van der Waals surface area contributed by atoms with E-state index in [1.165, 1.54) is 15.5 Å². The molecule has 9 aromatic carbocycles. The van der Waals surface area contributed by atoms with Gasteiger partial charge in [0.2, 0.25) is 0 Å². The van der Waals surface area contributed by atoms with E-state index in [9.17, 15) is 0 Å². The third-order valence-corrected chi connectivity index (χ3v) is 13.9. The minimum Gasteiger partial charge on any atom is -0.344 e. The molecule has 68 heavy (non-hydrogen) atoms. The highest BCUT2D eigenvalue weighted by atomic mass is 32.1. The van der Waals surface area contributed by atoms with Crippen LogP contribution in [0.2, 0.25) is 0 Å². The van der Waals surface area contributed by atoms with Gasteiger partial charge in [-0.1, -0.05) is 176 Å². The van der Waals surface area contributed by atoms with Gasteiger partial charge in [0.05, 0.1) is 11.0 Å². The third-order valence-electron chi connectivity index (χ3n) is 12.7. The van der Waals surface area contributed by atoms with E-state index in [0.29, 0.717) is 17.5 Å². The maximum atomic E-state index is 5.24. The lowest BCUT2D eigenvalue weighted by Crippen LogP contribution is -2.33. The standard InChI is InChI=1S/C60H39N7S/c1-6-18-38(19-7-1)55-61-56(39-20-8-2-9-21-39)64-59(63-55)46-29-17-31-51-53(46)49-37-42(32-34-50(49)67(51)44-26-14-5-15-27-44)43-33-35-52-48(36-43)45-28-16-30-47(54(45)68-52)60-65-57(40-22-10-3-11-23-40)62-58(66-60)41-24-12-4-13-25-41/h1-37,57H,(H,62,65,66). The van der Waals surface area contributed by atoms with E-state index in [0.717, 1.165) is 88.4 Å². The average Bonchev–Trinajstić information content (AvgIpc) is 3.97. The first-order chi connectivity index (χ1) is 33.7. The Bertz CT molecular complexity index is 3860. The van der Waals surface area contributed by atoms with Crippen molar-refractivity contribution in [2.24, 2.45) is 9.98 Å². The topological polar surface area (TPSA) is 80.3 Å². The Balaban J connectivity index is 0.977. The molecule has 8 heteroatoms. The molecule has 1 unspecified atom stereocenters. The summed E-state index contributed by atoms with van der Waals surface area (Å²) in [5.74, 6) is 3.40. The highest BCUT2D eigenvalue weighted by Gasteiger charge is 2.24. The molecule has 0 radical (unpaired) electrons. The van der Waals surface area contributed by atoms with Crippen LogP contribution in [0.1, 0.15) is 22.9 Å². The van der Waals surface area contributed by atoms with Crippen LogP contribution in [0.4, 0.5) is 0 Å². The van der Waals surface area contributed by atoms with Crippen molar-refractivity contribution < 1.29 is 0 Å². The van der Waals surface area contributed by atoms with Crippen LogP contribution in [-0.2, 0) is 0 Å². The van der Waals surface area contributed by atoms with Crippen LogP contribution < -0.4 is 5.32 Å². The number of benzene rings is 9. The van der Waals surface area contributed by atoms with Crippen molar-refractivity contribution in [3.8, 4) is 51.0 Å². The van der Waals surface area contributed by atoms with Crippen LogP contribution >= 0.6 is 11.3 Å². The van der Waals surface area contributed by atoms with Crippen LogP contribution in [0.3, 0.4) is 0 Å². The van der Waals surface area contributed by atoms with Crippen LogP contribution in [0.25, 0.3) is 93.0 Å². The molecule has 13 rings (SSSR count). The number of thiophene rings is 1. The SMILES string of the molecule is c1ccc(C2=NC(c3cccc4c3sc3ccc(-c5ccc6c(c5)c5c(-c7nc(-c8ccccc8)nc(-c8ccccc8)n7)cccc5n6-c5ccccc5)cc34)=NC(c3ccccc3)N2)cc1. The zero-order chi connectivity index (χ0) is 45.0. The Kier molecular flexibility index (Phi) is 9.61. The average molecular weight is 890 g/mol. The molecular weight excluding hydrogens is 851 g/mol.